The van der Waals surface area contributed by atoms with Crippen LogP contribution in [0.2, 0.25) is 0 Å². The highest BCUT2D eigenvalue weighted by Crippen LogP contribution is 2.32. The molecule has 0 radical (unpaired) electrons. The van der Waals surface area contributed by atoms with Crippen LogP contribution in [0.1, 0.15) is 40.0 Å². The summed E-state index contributed by atoms with van der Waals surface area (Å²) in [5.41, 5.74) is 0. The summed E-state index contributed by atoms with van der Waals surface area (Å²) in [6.07, 6.45) is 1.82. The summed E-state index contributed by atoms with van der Waals surface area (Å²) in [6.45, 7) is 6.40. The maximum absolute atomic E-state index is 11.5. The summed E-state index contributed by atoms with van der Waals surface area (Å²) in [7, 11) is 0. The summed E-state index contributed by atoms with van der Waals surface area (Å²) in [5, 5.41) is 0. The van der Waals surface area contributed by atoms with E-state index in [-0.39, 0.29) is 17.7 Å². The molecule has 1 aliphatic rings. The van der Waals surface area contributed by atoms with Crippen LogP contribution < -0.4 is 0 Å². The smallest absolute Gasteiger partial charge is 0.309 e. The van der Waals surface area contributed by atoms with Crippen LogP contribution in [0.15, 0.2) is 0 Å². The van der Waals surface area contributed by atoms with Gasteiger partial charge in [0.1, 0.15) is 5.78 Å². The van der Waals surface area contributed by atoms with E-state index in [1.165, 1.54) is 0 Å². The molecule has 0 spiro atoms. The molecule has 0 aromatic rings. The van der Waals surface area contributed by atoms with Gasteiger partial charge < -0.3 is 4.74 Å². The van der Waals surface area contributed by atoms with Gasteiger partial charge in [0.15, 0.2) is 0 Å². The molecule has 0 amide bonds. The van der Waals surface area contributed by atoms with Crippen LogP contribution in [0.25, 0.3) is 0 Å². The molecule has 1 fully saturated rings. The molecule has 3 nitrogen and oxygen atoms in total. The lowest BCUT2D eigenvalue weighted by atomic mass is 9.75. The zero-order valence-electron chi connectivity index (χ0n) is 9.79. The van der Waals surface area contributed by atoms with Crippen molar-refractivity contribution in [3.63, 3.8) is 0 Å². The normalized spacial score (nSPS) is 26.8. The van der Waals surface area contributed by atoms with Gasteiger partial charge in [-0.2, -0.15) is 0 Å². The first kappa shape index (κ1) is 12.2. The molecular weight excluding hydrogens is 192 g/mol. The first-order chi connectivity index (χ1) is 7.04. The molecule has 0 aliphatic heterocycles. The van der Waals surface area contributed by atoms with Gasteiger partial charge >= 0.3 is 5.97 Å². The van der Waals surface area contributed by atoms with Gasteiger partial charge in [0.2, 0.25) is 0 Å². The Balaban J connectivity index is 2.59. The number of Topliss-reactive ketones (excluding diaryl/α,β-unsaturated/α-hetero) is 1. The van der Waals surface area contributed by atoms with Crippen molar-refractivity contribution >= 4 is 11.8 Å². The number of ketones is 1. The van der Waals surface area contributed by atoms with Crippen LogP contribution >= 0.6 is 0 Å². The molecule has 0 bridgehead atoms. The third kappa shape index (κ3) is 3.33. The van der Waals surface area contributed by atoms with Gasteiger partial charge in [-0.25, -0.2) is 0 Å². The number of hydrogen-bond acceptors (Lipinski definition) is 3. The van der Waals surface area contributed by atoms with Crippen molar-refractivity contribution in [3.8, 4) is 0 Å². The molecule has 0 heterocycles. The maximum Gasteiger partial charge on any atom is 0.309 e. The van der Waals surface area contributed by atoms with Crippen LogP contribution in [0, 0.1) is 17.8 Å². The number of rotatable bonds is 3. The van der Waals surface area contributed by atoms with E-state index < -0.39 is 0 Å². The SMILES string of the molecule is CCOC(=O)C1CC(=O)CC(C(C)C)C1. The van der Waals surface area contributed by atoms with E-state index in [0.717, 1.165) is 6.42 Å². The zero-order chi connectivity index (χ0) is 11.4. The lowest BCUT2D eigenvalue weighted by molar-refractivity contribution is -0.152. The van der Waals surface area contributed by atoms with Crippen molar-refractivity contribution in [2.45, 2.75) is 40.0 Å². The number of carbonyl (C=O) groups is 2. The predicted molar refractivity (Wildman–Crippen MR) is 57.3 cm³/mol. The van der Waals surface area contributed by atoms with Crippen LogP contribution in [-0.4, -0.2) is 18.4 Å². The highest BCUT2D eigenvalue weighted by atomic mass is 16.5. The van der Waals surface area contributed by atoms with Crippen LogP contribution in [-0.2, 0) is 14.3 Å². The number of ether oxygens (including phenoxy) is 1. The Morgan fingerprint density at radius 2 is 2.13 bits per heavy atom. The minimum absolute atomic E-state index is 0.196. The van der Waals surface area contributed by atoms with Crippen LogP contribution in [0.3, 0.4) is 0 Å². The zero-order valence-corrected chi connectivity index (χ0v) is 9.79. The molecule has 86 valence electrons. The van der Waals surface area contributed by atoms with Gasteiger partial charge in [-0.3, -0.25) is 9.59 Å². The second-order valence-electron chi connectivity index (χ2n) is 4.64. The van der Waals surface area contributed by atoms with Gasteiger partial charge in [-0.1, -0.05) is 13.8 Å². The monoisotopic (exact) mass is 212 g/mol. The van der Waals surface area contributed by atoms with E-state index in [9.17, 15) is 9.59 Å². The van der Waals surface area contributed by atoms with E-state index in [4.69, 9.17) is 4.74 Å². The van der Waals surface area contributed by atoms with Crippen molar-refractivity contribution in [2.75, 3.05) is 6.61 Å². The standard InChI is InChI=1S/C12H20O3/c1-4-15-12(14)10-5-9(8(2)3)6-11(13)7-10/h8-10H,4-7H2,1-3H3. The summed E-state index contributed by atoms with van der Waals surface area (Å²) in [5.74, 6) is 0.625. The minimum atomic E-state index is -0.198. The highest BCUT2D eigenvalue weighted by Gasteiger charge is 2.33. The number of esters is 1. The summed E-state index contributed by atoms with van der Waals surface area (Å²) in [6, 6.07) is 0. The molecule has 0 N–H and O–H groups in total. The summed E-state index contributed by atoms with van der Waals surface area (Å²) >= 11 is 0. The first-order valence-electron chi connectivity index (χ1n) is 5.72. The Hall–Kier alpha value is -0.860. The molecule has 0 aromatic heterocycles. The van der Waals surface area contributed by atoms with Crippen molar-refractivity contribution < 1.29 is 14.3 Å². The lowest BCUT2D eigenvalue weighted by Gasteiger charge is -2.29. The van der Waals surface area contributed by atoms with Crippen molar-refractivity contribution in [1.29, 1.82) is 0 Å². The van der Waals surface area contributed by atoms with Crippen molar-refractivity contribution in [1.82, 2.24) is 0 Å². The Bertz CT molecular complexity index is 245. The largest absolute Gasteiger partial charge is 0.466 e. The van der Waals surface area contributed by atoms with Crippen LogP contribution in [0.5, 0.6) is 0 Å². The first-order valence-corrected chi connectivity index (χ1v) is 5.72. The van der Waals surface area contributed by atoms with E-state index in [0.29, 0.717) is 31.3 Å². The van der Waals surface area contributed by atoms with Gasteiger partial charge in [0.05, 0.1) is 12.5 Å². The minimum Gasteiger partial charge on any atom is -0.466 e. The highest BCUT2D eigenvalue weighted by molar-refractivity contribution is 5.85. The number of carbonyl (C=O) groups excluding carboxylic acids is 2. The molecular formula is C12H20O3. The summed E-state index contributed by atoms with van der Waals surface area (Å²) < 4.78 is 4.97. The molecule has 1 saturated carbocycles. The van der Waals surface area contributed by atoms with Gasteiger partial charge in [0, 0.05) is 12.8 Å². The quantitative estimate of drug-likeness (QED) is 0.673. The Morgan fingerprint density at radius 3 is 2.67 bits per heavy atom. The molecule has 2 atom stereocenters. The summed E-state index contributed by atoms with van der Waals surface area (Å²) in [4.78, 5) is 23.0. The van der Waals surface area contributed by atoms with Gasteiger partial charge in [-0.05, 0) is 25.2 Å². The second kappa shape index (κ2) is 5.29. The van der Waals surface area contributed by atoms with Crippen LogP contribution in [0.4, 0.5) is 0 Å². The van der Waals surface area contributed by atoms with Gasteiger partial charge in [-0.15, -0.1) is 0 Å². The van der Waals surface area contributed by atoms with Gasteiger partial charge in [0.25, 0.3) is 0 Å². The Morgan fingerprint density at radius 1 is 1.47 bits per heavy atom. The third-order valence-electron chi connectivity index (χ3n) is 3.11. The van der Waals surface area contributed by atoms with E-state index in [2.05, 4.69) is 13.8 Å². The average molecular weight is 212 g/mol. The van der Waals surface area contributed by atoms with Crippen molar-refractivity contribution in [3.05, 3.63) is 0 Å². The van der Waals surface area contributed by atoms with Crippen molar-refractivity contribution in [2.24, 2.45) is 17.8 Å². The van der Waals surface area contributed by atoms with E-state index in [1.807, 2.05) is 0 Å². The lowest BCUT2D eigenvalue weighted by Crippen LogP contribution is -2.31. The van der Waals surface area contributed by atoms with E-state index in [1.54, 1.807) is 6.92 Å². The molecule has 3 heteroatoms. The molecule has 15 heavy (non-hydrogen) atoms. The maximum atomic E-state index is 11.5. The number of hydrogen-bond donors (Lipinski definition) is 0. The molecule has 1 rings (SSSR count). The fraction of sp³-hybridized carbons (Fsp3) is 0.833. The second-order valence-corrected chi connectivity index (χ2v) is 4.64. The molecule has 0 saturated heterocycles. The Labute approximate surface area is 91.2 Å². The fourth-order valence-corrected chi connectivity index (χ4v) is 2.13. The average Bonchev–Trinajstić information content (AvgIpc) is 2.17. The predicted octanol–water partition coefficient (Wildman–Crippen LogP) is 2.19. The molecule has 2 unspecified atom stereocenters. The van der Waals surface area contributed by atoms with E-state index >= 15 is 0 Å². The topological polar surface area (TPSA) is 43.4 Å². The fourth-order valence-electron chi connectivity index (χ4n) is 2.13. The third-order valence-corrected chi connectivity index (χ3v) is 3.11. The Kier molecular flexibility index (Phi) is 4.30. The molecule has 1 aliphatic carbocycles. The molecule has 0 aromatic carbocycles.